The molecule has 0 spiro atoms. The number of aromatic nitrogens is 3. The van der Waals surface area contributed by atoms with E-state index in [9.17, 15) is 0 Å². The minimum absolute atomic E-state index is 0.569. The second-order valence-electron chi connectivity index (χ2n) is 8.74. The third-order valence-corrected chi connectivity index (χ3v) is 5.90. The molecule has 0 bridgehead atoms. The van der Waals surface area contributed by atoms with E-state index < -0.39 is 0 Å². The van der Waals surface area contributed by atoms with E-state index in [1.807, 2.05) is 24.4 Å². The van der Waals surface area contributed by atoms with Gasteiger partial charge in [-0.3, -0.25) is 15.0 Å². The molecule has 0 radical (unpaired) electrons. The Bertz CT molecular complexity index is 1320. The molecule has 0 unspecified atom stereocenters. The highest BCUT2D eigenvalue weighted by atomic mass is 14.9. The predicted octanol–water partition coefficient (Wildman–Crippen LogP) is 6.67. The van der Waals surface area contributed by atoms with E-state index in [1.54, 1.807) is 18.6 Å². The summed E-state index contributed by atoms with van der Waals surface area (Å²) in [6.45, 7) is 12.5. The Labute approximate surface area is 207 Å². The van der Waals surface area contributed by atoms with Crippen molar-refractivity contribution in [3.63, 3.8) is 0 Å². The zero-order valence-electron chi connectivity index (χ0n) is 20.4. The second-order valence-corrected chi connectivity index (χ2v) is 8.74. The third kappa shape index (κ3) is 5.84. The van der Waals surface area contributed by atoms with Crippen LogP contribution in [0.2, 0.25) is 0 Å². The van der Waals surface area contributed by atoms with Crippen molar-refractivity contribution in [3.05, 3.63) is 103 Å². The van der Waals surface area contributed by atoms with Gasteiger partial charge in [0.2, 0.25) is 0 Å². The normalized spacial score (nSPS) is 12.3. The molecule has 6 nitrogen and oxygen atoms in total. The minimum atomic E-state index is 0.569. The summed E-state index contributed by atoms with van der Waals surface area (Å²) in [4.78, 5) is 13.5. The molecule has 4 N–H and O–H groups in total. The molecule has 0 atom stereocenters. The van der Waals surface area contributed by atoms with Crippen molar-refractivity contribution in [3.8, 4) is 11.3 Å². The van der Waals surface area contributed by atoms with Gasteiger partial charge in [0.25, 0.3) is 0 Å². The maximum atomic E-state index is 6.28. The molecule has 0 amide bonds. The lowest BCUT2D eigenvalue weighted by atomic mass is 10.0. The summed E-state index contributed by atoms with van der Waals surface area (Å²) in [5.41, 5.74) is 16.5. The van der Waals surface area contributed by atoms with Gasteiger partial charge in [0.1, 0.15) is 0 Å². The molecular formula is C29H32N6. The molecule has 1 aliphatic carbocycles. The molecule has 4 rings (SSSR count). The van der Waals surface area contributed by atoms with E-state index in [1.165, 1.54) is 0 Å². The second kappa shape index (κ2) is 10.8. The molecule has 178 valence electrons. The van der Waals surface area contributed by atoms with E-state index in [-0.39, 0.29) is 0 Å². The van der Waals surface area contributed by atoms with Crippen LogP contribution in [0.15, 0.2) is 85.8 Å². The molecule has 0 aromatic carbocycles. The number of allylic oxidation sites excluding steroid dienone is 6. The molecular weight excluding hydrogens is 432 g/mol. The minimum Gasteiger partial charge on any atom is -0.397 e. The largest absolute Gasteiger partial charge is 0.397 e. The molecule has 3 heterocycles. The highest BCUT2D eigenvalue weighted by Gasteiger charge is 2.12. The Hall–Kier alpha value is -4.19. The number of pyridine rings is 3. The SMILES string of the molecule is C=C(CCC)Nc1cncc(-c2cc(CC(=C)Nc3ccnc(C4=CCC=C4)c3C)c(N)cn2)c1. The Kier molecular flexibility index (Phi) is 7.41. The summed E-state index contributed by atoms with van der Waals surface area (Å²) in [5.74, 6) is 0. The molecule has 35 heavy (non-hydrogen) atoms. The van der Waals surface area contributed by atoms with Crippen LogP contribution in [0.5, 0.6) is 0 Å². The molecule has 6 heteroatoms. The fourth-order valence-corrected chi connectivity index (χ4v) is 4.10. The Morgan fingerprint density at radius 2 is 1.94 bits per heavy atom. The molecule has 0 fully saturated rings. The monoisotopic (exact) mass is 464 g/mol. The van der Waals surface area contributed by atoms with E-state index in [0.717, 1.165) is 75.7 Å². The number of nitrogens with zero attached hydrogens (tertiary/aromatic N) is 3. The van der Waals surface area contributed by atoms with Crippen molar-refractivity contribution in [1.29, 1.82) is 0 Å². The standard InChI is InChI=1S/C29H32N6/c1-5-8-19(2)34-25-14-24(16-31-17-25)28-15-23(26(30)18-33-28)13-20(3)35-27-11-12-32-29(21(27)4)22-9-6-7-10-22/h6,9-12,14-18,34H,2-3,5,7-8,13,30H2,1,4H3,(H,32,35). The average molecular weight is 465 g/mol. The zero-order chi connectivity index (χ0) is 24.8. The number of hydrogen-bond donors (Lipinski definition) is 3. The van der Waals surface area contributed by atoms with Gasteiger partial charge in [-0.1, -0.05) is 44.7 Å². The number of hydrogen-bond acceptors (Lipinski definition) is 6. The summed E-state index contributed by atoms with van der Waals surface area (Å²) in [6, 6.07) is 6.00. The molecule has 3 aromatic heterocycles. The number of anilines is 3. The molecule has 3 aromatic rings. The van der Waals surface area contributed by atoms with E-state index in [2.05, 4.69) is 70.8 Å². The first-order valence-electron chi connectivity index (χ1n) is 11.9. The van der Waals surface area contributed by atoms with Crippen molar-refractivity contribution in [2.75, 3.05) is 16.4 Å². The predicted molar refractivity (Wildman–Crippen MR) is 147 cm³/mol. The van der Waals surface area contributed by atoms with Gasteiger partial charge in [0.15, 0.2) is 0 Å². The fraction of sp³-hybridized carbons (Fsp3) is 0.207. The van der Waals surface area contributed by atoms with Crippen LogP contribution < -0.4 is 16.4 Å². The maximum absolute atomic E-state index is 6.28. The topological polar surface area (TPSA) is 88.8 Å². The highest BCUT2D eigenvalue weighted by molar-refractivity contribution is 5.78. The zero-order valence-corrected chi connectivity index (χ0v) is 20.4. The van der Waals surface area contributed by atoms with Crippen molar-refractivity contribution in [2.24, 2.45) is 0 Å². The lowest BCUT2D eigenvalue weighted by molar-refractivity contribution is 0.913. The summed E-state index contributed by atoms with van der Waals surface area (Å²) >= 11 is 0. The van der Waals surface area contributed by atoms with Crippen molar-refractivity contribution < 1.29 is 0 Å². The van der Waals surface area contributed by atoms with Gasteiger partial charge in [0.05, 0.1) is 35.2 Å². The van der Waals surface area contributed by atoms with Crippen LogP contribution >= 0.6 is 0 Å². The van der Waals surface area contributed by atoms with Gasteiger partial charge in [-0.15, -0.1) is 0 Å². The van der Waals surface area contributed by atoms with Crippen LogP contribution in [0.25, 0.3) is 16.8 Å². The maximum Gasteiger partial charge on any atom is 0.0748 e. The van der Waals surface area contributed by atoms with Crippen molar-refractivity contribution in [1.82, 2.24) is 15.0 Å². The molecule has 0 saturated heterocycles. The van der Waals surface area contributed by atoms with Gasteiger partial charge in [-0.05, 0) is 54.7 Å². The first-order valence-corrected chi connectivity index (χ1v) is 11.9. The smallest absolute Gasteiger partial charge is 0.0748 e. The highest BCUT2D eigenvalue weighted by Crippen LogP contribution is 2.29. The Morgan fingerprint density at radius 3 is 2.71 bits per heavy atom. The lowest BCUT2D eigenvalue weighted by Crippen LogP contribution is -2.07. The van der Waals surface area contributed by atoms with E-state index >= 15 is 0 Å². The molecule has 0 aliphatic heterocycles. The summed E-state index contributed by atoms with van der Waals surface area (Å²) in [5, 5.41) is 6.78. The molecule has 1 aliphatic rings. The van der Waals surface area contributed by atoms with Crippen LogP contribution in [-0.2, 0) is 6.42 Å². The van der Waals surface area contributed by atoms with Gasteiger partial charge >= 0.3 is 0 Å². The number of rotatable bonds is 10. The van der Waals surface area contributed by atoms with Crippen LogP contribution in [0.4, 0.5) is 17.1 Å². The van der Waals surface area contributed by atoms with E-state index in [4.69, 9.17) is 5.73 Å². The third-order valence-electron chi connectivity index (χ3n) is 5.90. The van der Waals surface area contributed by atoms with E-state index in [0.29, 0.717) is 12.1 Å². The fourth-order valence-electron chi connectivity index (χ4n) is 4.10. The first-order chi connectivity index (χ1) is 16.9. The summed E-state index contributed by atoms with van der Waals surface area (Å²) in [6.07, 6.45) is 17.0. The first kappa shape index (κ1) is 24.0. The quantitative estimate of drug-likeness (QED) is 0.311. The number of nitrogens with two attached hydrogens (primary N) is 1. The van der Waals surface area contributed by atoms with Crippen LogP contribution in [0, 0.1) is 6.92 Å². The van der Waals surface area contributed by atoms with Gasteiger partial charge in [-0.2, -0.15) is 0 Å². The Balaban J connectivity index is 1.50. The lowest BCUT2D eigenvalue weighted by Gasteiger charge is -2.16. The summed E-state index contributed by atoms with van der Waals surface area (Å²) < 4.78 is 0. The van der Waals surface area contributed by atoms with Crippen LogP contribution in [0.3, 0.4) is 0 Å². The van der Waals surface area contributed by atoms with Crippen molar-refractivity contribution >= 4 is 22.6 Å². The average Bonchev–Trinajstić information content (AvgIpc) is 3.37. The van der Waals surface area contributed by atoms with Gasteiger partial charge in [-0.25, -0.2) is 0 Å². The summed E-state index contributed by atoms with van der Waals surface area (Å²) in [7, 11) is 0. The molecule has 0 saturated carbocycles. The number of nitrogen functional groups attached to an aromatic ring is 1. The van der Waals surface area contributed by atoms with Crippen LogP contribution in [0.1, 0.15) is 43.0 Å². The number of nitrogens with one attached hydrogen (secondary N) is 2. The van der Waals surface area contributed by atoms with Crippen LogP contribution in [-0.4, -0.2) is 15.0 Å². The van der Waals surface area contributed by atoms with Gasteiger partial charge < -0.3 is 16.4 Å². The van der Waals surface area contributed by atoms with Crippen molar-refractivity contribution in [2.45, 2.75) is 39.5 Å². The Morgan fingerprint density at radius 1 is 1.09 bits per heavy atom. The van der Waals surface area contributed by atoms with Gasteiger partial charge in [0, 0.05) is 41.5 Å².